The minimum atomic E-state index is 0.405. The molecule has 3 N–H and O–H groups in total. The molecule has 0 unspecified atom stereocenters. The molecular weight excluding hydrogens is 224 g/mol. The van der Waals surface area contributed by atoms with E-state index in [-0.39, 0.29) is 0 Å². The van der Waals surface area contributed by atoms with Gasteiger partial charge in [-0.05, 0) is 31.9 Å². The molecule has 0 aliphatic heterocycles. The molecular formula is C12H17ClN2O. The summed E-state index contributed by atoms with van der Waals surface area (Å²) in [6.45, 7) is 2.81. The van der Waals surface area contributed by atoms with E-state index < -0.39 is 0 Å². The largest absolute Gasteiger partial charge is 0.396 e. The molecule has 0 amide bonds. The molecule has 1 fully saturated rings. The number of anilines is 2. The molecule has 88 valence electrons. The zero-order chi connectivity index (χ0) is 11.5. The van der Waals surface area contributed by atoms with Crippen molar-refractivity contribution in [2.45, 2.75) is 31.9 Å². The Bertz CT molecular complexity index is 364. The van der Waals surface area contributed by atoms with Gasteiger partial charge in [0.05, 0.1) is 22.5 Å². The van der Waals surface area contributed by atoms with E-state index in [0.717, 1.165) is 25.1 Å². The van der Waals surface area contributed by atoms with Crippen molar-refractivity contribution in [1.82, 2.24) is 0 Å². The lowest BCUT2D eigenvalue weighted by molar-refractivity contribution is 0.00300. The van der Waals surface area contributed by atoms with Crippen LogP contribution < -0.4 is 11.1 Å². The zero-order valence-electron chi connectivity index (χ0n) is 9.37. The molecule has 1 saturated carbocycles. The Morgan fingerprint density at radius 2 is 2.25 bits per heavy atom. The van der Waals surface area contributed by atoms with Gasteiger partial charge in [0.25, 0.3) is 0 Å². The number of hydrogen-bond acceptors (Lipinski definition) is 3. The predicted molar refractivity (Wildman–Crippen MR) is 67.9 cm³/mol. The molecule has 0 spiro atoms. The molecule has 2 rings (SSSR count). The fourth-order valence-corrected chi connectivity index (χ4v) is 2.11. The maximum atomic E-state index is 5.95. The molecule has 0 heterocycles. The van der Waals surface area contributed by atoms with E-state index in [0.29, 0.717) is 22.9 Å². The zero-order valence-corrected chi connectivity index (χ0v) is 10.1. The topological polar surface area (TPSA) is 47.3 Å². The summed E-state index contributed by atoms with van der Waals surface area (Å²) in [5.41, 5.74) is 7.43. The summed E-state index contributed by atoms with van der Waals surface area (Å²) in [7, 11) is 0. The van der Waals surface area contributed by atoms with Crippen LogP contribution in [0.1, 0.15) is 19.8 Å². The van der Waals surface area contributed by atoms with Crippen LogP contribution in [-0.4, -0.2) is 18.8 Å². The molecule has 1 aliphatic rings. The van der Waals surface area contributed by atoms with Crippen molar-refractivity contribution in [3.8, 4) is 0 Å². The summed E-state index contributed by atoms with van der Waals surface area (Å²) in [6, 6.07) is 6.11. The second-order valence-electron chi connectivity index (χ2n) is 4.09. The molecule has 1 aromatic rings. The number of hydrogen-bond donors (Lipinski definition) is 2. The van der Waals surface area contributed by atoms with Crippen LogP contribution in [0.3, 0.4) is 0 Å². The highest BCUT2D eigenvalue weighted by molar-refractivity contribution is 6.33. The van der Waals surface area contributed by atoms with E-state index in [1.807, 2.05) is 19.1 Å². The first-order chi connectivity index (χ1) is 7.70. The summed E-state index contributed by atoms with van der Waals surface area (Å²) < 4.78 is 5.50. The van der Waals surface area contributed by atoms with Crippen LogP contribution in [0.4, 0.5) is 11.4 Å². The van der Waals surface area contributed by atoms with E-state index >= 15 is 0 Å². The number of nitrogens with two attached hydrogens (primary N) is 1. The van der Waals surface area contributed by atoms with E-state index in [4.69, 9.17) is 22.1 Å². The average molecular weight is 241 g/mol. The Kier molecular flexibility index (Phi) is 3.56. The number of halogens is 1. The van der Waals surface area contributed by atoms with E-state index in [1.54, 1.807) is 6.07 Å². The molecule has 3 nitrogen and oxygen atoms in total. The third-order valence-corrected chi connectivity index (χ3v) is 3.24. The maximum Gasteiger partial charge on any atom is 0.0739 e. The van der Waals surface area contributed by atoms with E-state index in [9.17, 15) is 0 Å². The molecule has 1 aromatic carbocycles. The highest BCUT2D eigenvalue weighted by Gasteiger charge is 2.29. The predicted octanol–water partition coefficient (Wildman–Crippen LogP) is 2.90. The van der Waals surface area contributed by atoms with Gasteiger partial charge in [0.1, 0.15) is 0 Å². The van der Waals surface area contributed by atoms with Gasteiger partial charge in [0.2, 0.25) is 0 Å². The van der Waals surface area contributed by atoms with Gasteiger partial charge in [-0.2, -0.15) is 0 Å². The first-order valence-corrected chi connectivity index (χ1v) is 6.00. The first kappa shape index (κ1) is 11.6. The molecule has 16 heavy (non-hydrogen) atoms. The SMILES string of the molecule is CCOC1CC(Nc2cccc(Cl)c2N)C1. The van der Waals surface area contributed by atoms with Gasteiger partial charge in [-0.15, -0.1) is 0 Å². The van der Waals surface area contributed by atoms with E-state index in [2.05, 4.69) is 5.32 Å². The van der Waals surface area contributed by atoms with Crippen molar-refractivity contribution in [2.24, 2.45) is 0 Å². The Labute approximate surface area is 101 Å². The quantitative estimate of drug-likeness (QED) is 0.796. The normalized spacial score (nSPS) is 23.9. The minimum absolute atomic E-state index is 0.405. The molecule has 0 aromatic heterocycles. The van der Waals surface area contributed by atoms with Crippen molar-refractivity contribution in [1.29, 1.82) is 0 Å². The monoisotopic (exact) mass is 240 g/mol. The highest BCUT2D eigenvalue weighted by Crippen LogP contribution is 2.32. The summed E-state index contributed by atoms with van der Waals surface area (Å²) >= 11 is 5.95. The van der Waals surface area contributed by atoms with Gasteiger partial charge in [-0.1, -0.05) is 17.7 Å². The van der Waals surface area contributed by atoms with Crippen LogP contribution in [0.25, 0.3) is 0 Å². The number of benzene rings is 1. The summed E-state index contributed by atoms with van der Waals surface area (Å²) in [4.78, 5) is 0. The smallest absolute Gasteiger partial charge is 0.0739 e. The molecule has 0 saturated heterocycles. The van der Waals surface area contributed by atoms with Crippen molar-refractivity contribution < 1.29 is 4.74 Å². The number of nitrogens with one attached hydrogen (secondary N) is 1. The van der Waals surface area contributed by atoms with Gasteiger partial charge in [-0.25, -0.2) is 0 Å². The fraction of sp³-hybridized carbons (Fsp3) is 0.500. The van der Waals surface area contributed by atoms with Crippen LogP contribution in [0.15, 0.2) is 18.2 Å². The summed E-state index contributed by atoms with van der Waals surface area (Å²) in [5.74, 6) is 0. The van der Waals surface area contributed by atoms with Crippen LogP contribution in [0.2, 0.25) is 5.02 Å². The van der Waals surface area contributed by atoms with Crippen LogP contribution in [0, 0.1) is 0 Å². The molecule has 0 radical (unpaired) electrons. The number of para-hydroxylation sites is 1. The Balaban J connectivity index is 1.89. The number of rotatable bonds is 4. The third-order valence-electron chi connectivity index (χ3n) is 2.91. The lowest BCUT2D eigenvalue weighted by Gasteiger charge is -2.36. The minimum Gasteiger partial charge on any atom is -0.396 e. The first-order valence-electron chi connectivity index (χ1n) is 5.62. The van der Waals surface area contributed by atoms with Gasteiger partial charge in [0.15, 0.2) is 0 Å². The lowest BCUT2D eigenvalue weighted by atomic mass is 9.89. The summed E-state index contributed by atoms with van der Waals surface area (Å²) in [5, 5.41) is 3.99. The maximum absolute atomic E-state index is 5.95. The standard InChI is InChI=1S/C12H17ClN2O/c1-2-16-9-6-8(7-9)15-11-5-3-4-10(13)12(11)14/h3-5,8-9,15H,2,6-7,14H2,1H3. The van der Waals surface area contributed by atoms with Gasteiger partial charge < -0.3 is 15.8 Å². The molecule has 1 aliphatic carbocycles. The van der Waals surface area contributed by atoms with Crippen molar-refractivity contribution in [3.05, 3.63) is 23.2 Å². The lowest BCUT2D eigenvalue weighted by Crippen LogP contribution is -2.40. The van der Waals surface area contributed by atoms with Crippen LogP contribution in [0.5, 0.6) is 0 Å². The Morgan fingerprint density at radius 3 is 2.94 bits per heavy atom. The van der Waals surface area contributed by atoms with Crippen LogP contribution in [-0.2, 0) is 4.74 Å². The summed E-state index contributed by atoms with van der Waals surface area (Å²) in [6.07, 6.45) is 2.49. The van der Waals surface area contributed by atoms with Crippen LogP contribution >= 0.6 is 11.6 Å². The molecule has 4 heteroatoms. The van der Waals surface area contributed by atoms with Gasteiger partial charge >= 0.3 is 0 Å². The highest BCUT2D eigenvalue weighted by atomic mass is 35.5. The van der Waals surface area contributed by atoms with Crippen molar-refractivity contribution in [2.75, 3.05) is 17.7 Å². The average Bonchev–Trinajstić information content (AvgIpc) is 2.21. The number of ether oxygens (including phenoxy) is 1. The fourth-order valence-electron chi connectivity index (χ4n) is 1.94. The third kappa shape index (κ3) is 2.42. The van der Waals surface area contributed by atoms with Crippen molar-refractivity contribution in [3.63, 3.8) is 0 Å². The van der Waals surface area contributed by atoms with Gasteiger partial charge in [-0.3, -0.25) is 0 Å². The van der Waals surface area contributed by atoms with Gasteiger partial charge in [0, 0.05) is 12.6 Å². The molecule has 0 atom stereocenters. The second kappa shape index (κ2) is 4.93. The second-order valence-corrected chi connectivity index (χ2v) is 4.50. The van der Waals surface area contributed by atoms with E-state index in [1.165, 1.54) is 0 Å². The molecule has 0 bridgehead atoms. The Hall–Kier alpha value is -0.930. The number of nitrogen functional groups attached to an aromatic ring is 1. The Morgan fingerprint density at radius 1 is 1.50 bits per heavy atom. The van der Waals surface area contributed by atoms with Crippen molar-refractivity contribution >= 4 is 23.0 Å².